The summed E-state index contributed by atoms with van der Waals surface area (Å²) in [5.41, 5.74) is 6.39. The molecule has 0 saturated carbocycles. The highest BCUT2D eigenvalue weighted by molar-refractivity contribution is 6.29. The first-order valence-electron chi connectivity index (χ1n) is 3.08. The average Bonchev–Trinajstić information content (AvgIpc) is 1.88. The molecule has 1 aromatic rings. The van der Waals surface area contributed by atoms with E-state index in [2.05, 4.69) is 4.98 Å². The molecular weight excluding hydrogens is 148 g/mol. The maximum atomic E-state index is 5.62. The SMILES string of the molecule is C[C@H](N)c1cccc(Cl)n1. The van der Waals surface area contributed by atoms with Gasteiger partial charge in [-0.05, 0) is 19.1 Å². The van der Waals surface area contributed by atoms with E-state index in [1.165, 1.54) is 0 Å². The Hall–Kier alpha value is -0.600. The van der Waals surface area contributed by atoms with Gasteiger partial charge in [-0.2, -0.15) is 0 Å². The van der Waals surface area contributed by atoms with Crippen molar-refractivity contribution in [3.8, 4) is 0 Å². The van der Waals surface area contributed by atoms with Crippen LogP contribution in [0.4, 0.5) is 0 Å². The Bertz CT molecular complexity index is 223. The van der Waals surface area contributed by atoms with Gasteiger partial charge in [-0.3, -0.25) is 0 Å². The van der Waals surface area contributed by atoms with Crippen molar-refractivity contribution in [3.63, 3.8) is 0 Å². The third-order valence-electron chi connectivity index (χ3n) is 1.20. The molecule has 0 spiro atoms. The van der Waals surface area contributed by atoms with E-state index in [0.717, 1.165) is 5.69 Å². The van der Waals surface area contributed by atoms with Crippen LogP contribution in [0.1, 0.15) is 18.7 Å². The predicted octanol–water partition coefficient (Wildman–Crippen LogP) is 1.75. The van der Waals surface area contributed by atoms with Gasteiger partial charge in [0.05, 0.1) is 5.69 Å². The van der Waals surface area contributed by atoms with Gasteiger partial charge >= 0.3 is 0 Å². The number of pyridine rings is 1. The van der Waals surface area contributed by atoms with Gasteiger partial charge in [-0.25, -0.2) is 4.98 Å². The van der Waals surface area contributed by atoms with E-state index >= 15 is 0 Å². The Balaban J connectivity index is 2.96. The maximum Gasteiger partial charge on any atom is 0.129 e. The van der Waals surface area contributed by atoms with E-state index in [4.69, 9.17) is 17.3 Å². The molecule has 0 fully saturated rings. The van der Waals surface area contributed by atoms with E-state index in [-0.39, 0.29) is 6.04 Å². The minimum Gasteiger partial charge on any atom is -0.323 e. The standard InChI is InChI=1S/C7H9ClN2/c1-5(9)6-3-2-4-7(8)10-6/h2-5H,9H2,1H3/t5-/m0/s1. The zero-order valence-corrected chi connectivity index (χ0v) is 6.47. The van der Waals surface area contributed by atoms with E-state index in [1.54, 1.807) is 6.07 Å². The van der Waals surface area contributed by atoms with Gasteiger partial charge in [-0.1, -0.05) is 17.7 Å². The van der Waals surface area contributed by atoms with Crippen molar-refractivity contribution < 1.29 is 0 Å². The highest BCUT2D eigenvalue weighted by Crippen LogP contribution is 2.09. The molecule has 10 heavy (non-hydrogen) atoms. The van der Waals surface area contributed by atoms with Gasteiger partial charge in [0.1, 0.15) is 5.15 Å². The molecule has 1 heterocycles. The first-order chi connectivity index (χ1) is 4.70. The lowest BCUT2D eigenvalue weighted by atomic mass is 10.2. The van der Waals surface area contributed by atoms with Crippen LogP contribution in [0.3, 0.4) is 0 Å². The fraction of sp³-hybridized carbons (Fsp3) is 0.286. The average molecular weight is 157 g/mol. The number of halogens is 1. The van der Waals surface area contributed by atoms with Crippen LogP contribution in [0, 0.1) is 0 Å². The number of aromatic nitrogens is 1. The lowest BCUT2D eigenvalue weighted by Crippen LogP contribution is -2.06. The Morgan fingerprint density at radius 1 is 1.60 bits per heavy atom. The highest BCUT2D eigenvalue weighted by atomic mass is 35.5. The third-order valence-corrected chi connectivity index (χ3v) is 1.41. The summed E-state index contributed by atoms with van der Waals surface area (Å²) in [6, 6.07) is 5.39. The normalized spacial score (nSPS) is 13.1. The summed E-state index contributed by atoms with van der Waals surface area (Å²) >= 11 is 5.62. The summed E-state index contributed by atoms with van der Waals surface area (Å²) in [6.45, 7) is 1.87. The number of nitrogens with two attached hydrogens (primary N) is 1. The molecule has 0 amide bonds. The van der Waals surface area contributed by atoms with Crippen molar-refractivity contribution in [3.05, 3.63) is 29.0 Å². The smallest absolute Gasteiger partial charge is 0.129 e. The third kappa shape index (κ3) is 1.69. The quantitative estimate of drug-likeness (QED) is 0.630. The van der Waals surface area contributed by atoms with E-state index in [9.17, 15) is 0 Å². The van der Waals surface area contributed by atoms with Gasteiger partial charge in [0.25, 0.3) is 0 Å². The summed E-state index contributed by atoms with van der Waals surface area (Å²) < 4.78 is 0. The van der Waals surface area contributed by atoms with Crippen LogP contribution in [-0.4, -0.2) is 4.98 Å². The predicted molar refractivity (Wildman–Crippen MR) is 41.8 cm³/mol. The van der Waals surface area contributed by atoms with Crippen molar-refractivity contribution in [2.75, 3.05) is 0 Å². The molecule has 1 aromatic heterocycles. The van der Waals surface area contributed by atoms with Crippen LogP contribution in [-0.2, 0) is 0 Å². The summed E-state index contributed by atoms with van der Waals surface area (Å²) in [5, 5.41) is 0.495. The first kappa shape index (κ1) is 7.51. The van der Waals surface area contributed by atoms with Crippen LogP contribution in [0.25, 0.3) is 0 Å². The molecule has 0 aliphatic heterocycles. The van der Waals surface area contributed by atoms with Crippen LogP contribution < -0.4 is 5.73 Å². The molecule has 2 nitrogen and oxygen atoms in total. The van der Waals surface area contributed by atoms with Crippen molar-refractivity contribution in [2.24, 2.45) is 5.73 Å². The van der Waals surface area contributed by atoms with E-state index in [0.29, 0.717) is 5.15 Å². The molecule has 0 aliphatic carbocycles. The molecule has 2 N–H and O–H groups in total. The highest BCUT2D eigenvalue weighted by Gasteiger charge is 1.99. The Morgan fingerprint density at radius 2 is 2.30 bits per heavy atom. The monoisotopic (exact) mass is 156 g/mol. The molecule has 54 valence electrons. The summed E-state index contributed by atoms with van der Waals surface area (Å²) in [6.07, 6.45) is 0. The van der Waals surface area contributed by atoms with Gasteiger partial charge in [0.15, 0.2) is 0 Å². The lowest BCUT2D eigenvalue weighted by molar-refractivity contribution is 0.781. The number of hydrogen-bond donors (Lipinski definition) is 1. The van der Waals surface area contributed by atoms with E-state index in [1.807, 2.05) is 19.1 Å². The van der Waals surface area contributed by atoms with Crippen molar-refractivity contribution in [2.45, 2.75) is 13.0 Å². The molecule has 0 bridgehead atoms. The van der Waals surface area contributed by atoms with E-state index < -0.39 is 0 Å². The molecule has 0 unspecified atom stereocenters. The fourth-order valence-electron chi connectivity index (χ4n) is 0.678. The fourth-order valence-corrected chi connectivity index (χ4v) is 0.848. The second-order valence-electron chi connectivity index (χ2n) is 2.17. The van der Waals surface area contributed by atoms with Crippen LogP contribution in [0.15, 0.2) is 18.2 Å². The molecule has 1 atom stereocenters. The Kier molecular flexibility index (Phi) is 2.25. The molecule has 0 aliphatic rings. The second-order valence-corrected chi connectivity index (χ2v) is 2.56. The zero-order chi connectivity index (χ0) is 7.56. The minimum absolute atomic E-state index is 0.0429. The summed E-state index contributed by atoms with van der Waals surface area (Å²) in [7, 11) is 0. The first-order valence-corrected chi connectivity index (χ1v) is 3.46. The van der Waals surface area contributed by atoms with Gasteiger partial charge in [0, 0.05) is 6.04 Å². The zero-order valence-electron chi connectivity index (χ0n) is 5.71. The van der Waals surface area contributed by atoms with Gasteiger partial charge in [-0.15, -0.1) is 0 Å². The van der Waals surface area contributed by atoms with Crippen LogP contribution in [0.5, 0.6) is 0 Å². The number of nitrogens with zero attached hydrogens (tertiary/aromatic N) is 1. The summed E-state index contributed by atoms with van der Waals surface area (Å²) in [5.74, 6) is 0. The molecule has 0 aromatic carbocycles. The molecule has 0 radical (unpaired) electrons. The van der Waals surface area contributed by atoms with Crippen molar-refractivity contribution >= 4 is 11.6 Å². The van der Waals surface area contributed by atoms with Crippen molar-refractivity contribution in [1.82, 2.24) is 4.98 Å². The Morgan fingerprint density at radius 3 is 2.70 bits per heavy atom. The summed E-state index contributed by atoms with van der Waals surface area (Å²) in [4.78, 5) is 4.01. The number of rotatable bonds is 1. The maximum absolute atomic E-state index is 5.62. The second kappa shape index (κ2) is 2.99. The largest absolute Gasteiger partial charge is 0.323 e. The van der Waals surface area contributed by atoms with Crippen LogP contribution in [0.2, 0.25) is 5.15 Å². The lowest BCUT2D eigenvalue weighted by Gasteiger charge is -2.02. The molecule has 1 rings (SSSR count). The molecule has 3 heteroatoms. The molecular formula is C7H9ClN2. The minimum atomic E-state index is -0.0429. The van der Waals surface area contributed by atoms with Crippen molar-refractivity contribution in [1.29, 1.82) is 0 Å². The van der Waals surface area contributed by atoms with Crippen LogP contribution >= 0.6 is 11.6 Å². The van der Waals surface area contributed by atoms with Gasteiger partial charge < -0.3 is 5.73 Å². The molecule has 0 saturated heterocycles. The number of hydrogen-bond acceptors (Lipinski definition) is 2. The topological polar surface area (TPSA) is 38.9 Å². The van der Waals surface area contributed by atoms with Gasteiger partial charge in [0.2, 0.25) is 0 Å². The Labute approximate surface area is 65.0 Å².